The first-order valence-electron chi connectivity index (χ1n) is 4.70. The topological polar surface area (TPSA) is 37.9 Å². The summed E-state index contributed by atoms with van der Waals surface area (Å²) >= 11 is 0. The minimum atomic E-state index is 0.816. The molecule has 2 heterocycles. The van der Waals surface area contributed by atoms with Crippen LogP contribution in [0.4, 0.5) is 0 Å². The molecule has 0 aliphatic rings. The lowest BCUT2D eigenvalue weighted by molar-refractivity contribution is 0.414. The molecule has 0 saturated heterocycles. The molecule has 0 amide bonds. The Morgan fingerprint density at radius 2 is 2.27 bits per heavy atom. The van der Waals surface area contributed by atoms with E-state index in [2.05, 4.69) is 9.97 Å². The summed E-state index contributed by atoms with van der Waals surface area (Å²) in [6.45, 7) is 0. The van der Waals surface area contributed by atoms with E-state index in [1.807, 2.05) is 42.6 Å². The number of methoxy groups -OCH3 is 1. The molecule has 3 heteroatoms. The number of H-pyrrole nitrogens is 1. The van der Waals surface area contributed by atoms with E-state index in [1.165, 1.54) is 0 Å². The minimum Gasteiger partial charge on any atom is -0.497 e. The molecule has 2 rings (SSSR count). The Bertz CT molecular complexity index is 446. The van der Waals surface area contributed by atoms with E-state index < -0.39 is 0 Å². The fourth-order valence-electron chi connectivity index (χ4n) is 1.27. The van der Waals surface area contributed by atoms with Gasteiger partial charge in [-0.15, -0.1) is 0 Å². The highest BCUT2D eigenvalue weighted by molar-refractivity contribution is 5.66. The molecule has 3 nitrogen and oxygen atoms in total. The number of nitrogens with one attached hydrogen (secondary N) is 1. The number of hydrogen-bond acceptors (Lipinski definition) is 2. The van der Waals surface area contributed by atoms with E-state index in [1.54, 1.807) is 13.3 Å². The average molecular weight is 200 g/mol. The van der Waals surface area contributed by atoms with E-state index in [0.29, 0.717) is 0 Å². The van der Waals surface area contributed by atoms with Gasteiger partial charge in [-0.3, -0.25) is 4.98 Å². The van der Waals surface area contributed by atoms with Gasteiger partial charge in [0.25, 0.3) is 0 Å². The maximum Gasteiger partial charge on any atom is 0.122 e. The summed E-state index contributed by atoms with van der Waals surface area (Å²) in [7, 11) is 1.65. The van der Waals surface area contributed by atoms with E-state index in [-0.39, 0.29) is 0 Å². The predicted octanol–water partition coefficient (Wildman–Crippen LogP) is 2.59. The molecule has 76 valence electrons. The number of ether oxygens (including phenoxy) is 1. The molecule has 0 aromatic carbocycles. The maximum absolute atomic E-state index is 5.11. The molecular weight excluding hydrogens is 188 g/mol. The molecule has 0 unspecified atom stereocenters. The van der Waals surface area contributed by atoms with Gasteiger partial charge in [-0.1, -0.05) is 0 Å². The molecule has 0 spiro atoms. The van der Waals surface area contributed by atoms with Crippen LogP contribution in [0.15, 0.2) is 36.7 Å². The average Bonchev–Trinajstić information content (AvgIpc) is 2.79. The van der Waals surface area contributed by atoms with Crippen molar-refractivity contribution in [3.63, 3.8) is 0 Å². The van der Waals surface area contributed by atoms with Gasteiger partial charge in [0.05, 0.1) is 12.8 Å². The van der Waals surface area contributed by atoms with Gasteiger partial charge in [-0.2, -0.15) is 0 Å². The van der Waals surface area contributed by atoms with Crippen molar-refractivity contribution in [3.8, 4) is 5.75 Å². The standard InChI is InChI=1S/C12H12N2O/c1-15-12-6-8-14-11(9-12)5-4-10-3-2-7-13-10/h2-9,13H,1H3/b5-4+. The van der Waals surface area contributed by atoms with Crippen LogP contribution in [0.1, 0.15) is 11.4 Å². The third kappa shape index (κ3) is 2.47. The minimum absolute atomic E-state index is 0.816. The van der Waals surface area contributed by atoms with Gasteiger partial charge in [0.1, 0.15) is 5.75 Å². The van der Waals surface area contributed by atoms with Crippen molar-refractivity contribution < 1.29 is 4.74 Å². The third-order valence-corrected chi connectivity index (χ3v) is 2.04. The van der Waals surface area contributed by atoms with Crippen LogP contribution in [-0.2, 0) is 0 Å². The van der Waals surface area contributed by atoms with Gasteiger partial charge in [0.2, 0.25) is 0 Å². The Balaban J connectivity index is 2.17. The van der Waals surface area contributed by atoms with E-state index in [4.69, 9.17) is 4.74 Å². The summed E-state index contributed by atoms with van der Waals surface area (Å²) in [5, 5.41) is 0. The lowest BCUT2D eigenvalue weighted by atomic mass is 10.3. The predicted molar refractivity (Wildman–Crippen MR) is 60.5 cm³/mol. The Hall–Kier alpha value is -2.03. The second-order valence-corrected chi connectivity index (χ2v) is 3.08. The van der Waals surface area contributed by atoms with Gasteiger partial charge >= 0.3 is 0 Å². The smallest absolute Gasteiger partial charge is 0.122 e. The summed E-state index contributed by atoms with van der Waals surface area (Å²) in [5.41, 5.74) is 1.93. The first-order valence-corrected chi connectivity index (χ1v) is 4.70. The van der Waals surface area contributed by atoms with Crippen LogP contribution in [0.5, 0.6) is 5.75 Å². The zero-order chi connectivity index (χ0) is 10.5. The van der Waals surface area contributed by atoms with Crippen molar-refractivity contribution in [2.45, 2.75) is 0 Å². The fraction of sp³-hybridized carbons (Fsp3) is 0.0833. The molecule has 15 heavy (non-hydrogen) atoms. The molecule has 0 saturated carbocycles. The van der Waals surface area contributed by atoms with Gasteiger partial charge < -0.3 is 9.72 Å². The van der Waals surface area contributed by atoms with Crippen molar-refractivity contribution in [2.24, 2.45) is 0 Å². The Kier molecular flexibility index (Phi) is 2.83. The second kappa shape index (κ2) is 4.46. The van der Waals surface area contributed by atoms with Gasteiger partial charge in [0.15, 0.2) is 0 Å². The van der Waals surface area contributed by atoms with Crippen LogP contribution in [-0.4, -0.2) is 17.1 Å². The number of nitrogens with zero attached hydrogens (tertiary/aromatic N) is 1. The van der Waals surface area contributed by atoms with Crippen LogP contribution >= 0.6 is 0 Å². The molecule has 1 N–H and O–H groups in total. The van der Waals surface area contributed by atoms with Crippen LogP contribution in [0.2, 0.25) is 0 Å². The molecule has 2 aromatic heterocycles. The largest absolute Gasteiger partial charge is 0.497 e. The number of hydrogen-bond donors (Lipinski definition) is 1. The second-order valence-electron chi connectivity index (χ2n) is 3.08. The quantitative estimate of drug-likeness (QED) is 0.826. The zero-order valence-corrected chi connectivity index (χ0v) is 8.47. The summed E-state index contributed by atoms with van der Waals surface area (Å²) in [6.07, 6.45) is 7.53. The van der Waals surface area contributed by atoms with Crippen molar-refractivity contribution >= 4 is 12.2 Å². The van der Waals surface area contributed by atoms with Crippen molar-refractivity contribution in [3.05, 3.63) is 48.0 Å². The summed E-state index contributed by atoms with van der Waals surface area (Å²) in [5.74, 6) is 0.816. The van der Waals surface area contributed by atoms with E-state index >= 15 is 0 Å². The number of aromatic amines is 1. The highest BCUT2D eigenvalue weighted by Crippen LogP contribution is 2.12. The summed E-state index contributed by atoms with van der Waals surface area (Å²) < 4.78 is 5.11. The highest BCUT2D eigenvalue weighted by atomic mass is 16.5. The molecular formula is C12H12N2O. The molecule has 0 aliphatic carbocycles. The third-order valence-electron chi connectivity index (χ3n) is 2.04. The molecule has 0 radical (unpaired) electrons. The van der Waals surface area contributed by atoms with Crippen molar-refractivity contribution in [1.82, 2.24) is 9.97 Å². The monoisotopic (exact) mass is 200 g/mol. The highest BCUT2D eigenvalue weighted by Gasteiger charge is 1.92. The lowest BCUT2D eigenvalue weighted by Gasteiger charge is -1.98. The summed E-state index contributed by atoms with van der Waals surface area (Å²) in [4.78, 5) is 7.30. The molecule has 0 fully saturated rings. The molecule has 2 aromatic rings. The normalized spacial score (nSPS) is 10.7. The zero-order valence-electron chi connectivity index (χ0n) is 8.47. The van der Waals surface area contributed by atoms with Gasteiger partial charge in [-0.25, -0.2) is 0 Å². The number of pyridine rings is 1. The lowest BCUT2D eigenvalue weighted by Crippen LogP contribution is -1.85. The van der Waals surface area contributed by atoms with Gasteiger partial charge in [-0.05, 0) is 30.4 Å². The first kappa shape index (κ1) is 9.52. The van der Waals surface area contributed by atoms with E-state index in [0.717, 1.165) is 17.1 Å². The van der Waals surface area contributed by atoms with Gasteiger partial charge in [0, 0.05) is 24.2 Å². The fourth-order valence-corrected chi connectivity index (χ4v) is 1.27. The molecule has 0 aliphatic heterocycles. The SMILES string of the molecule is COc1ccnc(/C=C/c2ccc[nH]2)c1. The first-order chi connectivity index (χ1) is 7.38. The molecule has 0 atom stereocenters. The van der Waals surface area contributed by atoms with Crippen LogP contribution in [0.25, 0.3) is 12.2 Å². The maximum atomic E-state index is 5.11. The Morgan fingerprint density at radius 3 is 3.00 bits per heavy atom. The number of aromatic nitrogens is 2. The van der Waals surface area contributed by atoms with Crippen LogP contribution < -0.4 is 4.74 Å². The Morgan fingerprint density at radius 1 is 1.33 bits per heavy atom. The summed E-state index contributed by atoms with van der Waals surface area (Å²) in [6, 6.07) is 7.67. The van der Waals surface area contributed by atoms with Crippen molar-refractivity contribution in [2.75, 3.05) is 7.11 Å². The Labute approximate surface area is 88.4 Å². The van der Waals surface area contributed by atoms with Crippen LogP contribution in [0.3, 0.4) is 0 Å². The van der Waals surface area contributed by atoms with Crippen molar-refractivity contribution in [1.29, 1.82) is 0 Å². The number of rotatable bonds is 3. The molecule has 0 bridgehead atoms. The van der Waals surface area contributed by atoms with Crippen LogP contribution in [0, 0.1) is 0 Å². The van der Waals surface area contributed by atoms with E-state index in [9.17, 15) is 0 Å².